The number of amides is 3. The minimum Gasteiger partial charge on any atom is -0.494 e. The predicted molar refractivity (Wildman–Crippen MR) is 240 cm³/mol. The highest BCUT2D eigenvalue weighted by Crippen LogP contribution is 2.67. The summed E-state index contributed by atoms with van der Waals surface area (Å²) in [6.45, 7) is 15.2. The first-order valence-corrected chi connectivity index (χ1v) is 24.1. The van der Waals surface area contributed by atoms with E-state index < -0.39 is 17.8 Å². The van der Waals surface area contributed by atoms with E-state index in [0.29, 0.717) is 35.6 Å². The monoisotopic (exact) mass is 858 g/mol. The number of nitrogens with one attached hydrogen (secondary N) is 1. The molecule has 1 aromatic carbocycles. The van der Waals surface area contributed by atoms with Crippen LogP contribution in [-0.2, 0) is 28.8 Å². The second kappa shape index (κ2) is 21.6. The van der Waals surface area contributed by atoms with Crippen LogP contribution in [0.1, 0.15) is 169 Å². The van der Waals surface area contributed by atoms with E-state index in [1.165, 1.54) is 51.4 Å². The fourth-order valence-electron chi connectivity index (χ4n) is 12.1. The summed E-state index contributed by atoms with van der Waals surface area (Å²) in [5, 5.41) is 3.51. The Morgan fingerprint density at radius 1 is 0.871 bits per heavy atom. The third kappa shape index (κ3) is 11.8. The molecule has 62 heavy (non-hydrogen) atoms. The number of benzene rings is 1. The van der Waals surface area contributed by atoms with Gasteiger partial charge in [-0.1, -0.05) is 72.0 Å². The Morgan fingerprint density at radius 2 is 1.63 bits per heavy atom. The molecule has 1 N–H and O–H groups in total. The SMILES string of the molecule is CC(=NCC(=O)CCCCCNC(=O)O[C@H]1CC[C@@]2(C)C(=CCC3C2CC[C@@]2(C)C3CC[C@@H]2[C@H](C)CCCC(C)C)C1)c1ccc(OCCCC(=O)ON2C(=O)CCC2=O)cc1. The minimum absolute atomic E-state index is 0.0128. The number of fused-ring (bicyclic) bond motifs is 5. The maximum atomic E-state index is 12.8. The van der Waals surface area contributed by atoms with Crippen LogP contribution in [0.3, 0.4) is 0 Å². The van der Waals surface area contributed by atoms with Crippen LogP contribution < -0.4 is 10.1 Å². The molecular formula is C51H75N3O8. The lowest BCUT2D eigenvalue weighted by Crippen LogP contribution is -2.51. The quantitative estimate of drug-likeness (QED) is 0.0558. The van der Waals surface area contributed by atoms with Crippen LogP contribution in [0, 0.1) is 46.3 Å². The van der Waals surface area contributed by atoms with E-state index in [9.17, 15) is 24.0 Å². The van der Waals surface area contributed by atoms with Gasteiger partial charge in [0.15, 0.2) is 5.78 Å². The van der Waals surface area contributed by atoms with Gasteiger partial charge in [0.2, 0.25) is 0 Å². The Morgan fingerprint density at radius 3 is 2.37 bits per heavy atom. The predicted octanol–water partition coefficient (Wildman–Crippen LogP) is 10.5. The third-order valence-corrected chi connectivity index (χ3v) is 15.7. The largest absolute Gasteiger partial charge is 0.494 e. The van der Waals surface area contributed by atoms with E-state index in [4.69, 9.17) is 14.3 Å². The van der Waals surface area contributed by atoms with E-state index in [1.807, 2.05) is 19.1 Å². The van der Waals surface area contributed by atoms with Gasteiger partial charge in [-0.3, -0.25) is 19.4 Å². The van der Waals surface area contributed by atoms with Crippen molar-refractivity contribution in [2.45, 2.75) is 170 Å². The van der Waals surface area contributed by atoms with Gasteiger partial charge in [0.25, 0.3) is 11.8 Å². The number of aliphatic imine (C=N–C) groups is 1. The van der Waals surface area contributed by atoms with Gasteiger partial charge in [0.1, 0.15) is 11.9 Å². The number of Topliss-reactive ketones (excluding diaryl/α,β-unsaturated/α-hetero) is 1. The number of hydroxylamine groups is 2. The molecule has 0 spiro atoms. The van der Waals surface area contributed by atoms with Gasteiger partial charge in [-0.15, -0.1) is 5.06 Å². The Hall–Kier alpha value is -4.02. The van der Waals surface area contributed by atoms with Gasteiger partial charge >= 0.3 is 12.1 Å². The highest BCUT2D eigenvalue weighted by Gasteiger charge is 2.59. The van der Waals surface area contributed by atoms with Crippen LogP contribution in [0.2, 0.25) is 0 Å². The normalized spacial score (nSPS) is 28.8. The first-order chi connectivity index (χ1) is 29.7. The number of hydrogen-bond acceptors (Lipinski definition) is 9. The van der Waals surface area contributed by atoms with Crippen molar-refractivity contribution in [1.29, 1.82) is 0 Å². The average molecular weight is 858 g/mol. The highest BCUT2D eigenvalue weighted by molar-refractivity contribution is 6.01. The van der Waals surface area contributed by atoms with Gasteiger partial charge in [-0.2, -0.15) is 0 Å². The molecule has 4 aliphatic carbocycles. The lowest BCUT2D eigenvalue weighted by atomic mass is 9.47. The van der Waals surface area contributed by atoms with Crippen LogP contribution in [0.15, 0.2) is 40.9 Å². The number of hydrogen-bond donors (Lipinski definition) is 1. The number of alkyl carbamates (subject to hydrolysis) is 1. The van der Waals surface area contributed by atoms with Gasteiger partial charge in [0.05, 0.1) is 19.6 Å². The standard InChI is InChI=1S/C51H75N3O8/c1-34(2)12-10-13-35(3)43-22-23-44-42-21-18-38-32-41(26-28-50(38,5)45(42)27-29-51(43,44)6)61-49(59)52-30-9-7-8-14-39(55)33-53-36(4)37-16-19-40(20-17-37)60-31-11-15-48(58)62-54-46(56)24-25-47(54)57/h16-20,34-35,41-45H,7-15,21-33H2,1-6H3,(H,52,59)/t35-,41+,42?,43-,44?,45?,50+,51-/m1/s1. The Labute approximate surface area is 370 Å². The van der Waals surface area contributed by atoms with Crippen molar-refractivity contribution in [3.8, 4) is 5.75 Å². The summed E-state index contributed by atoms with van der Waals surface area (Å²) in [7, 11) is 0. The summed E-state index contributed by atoms with van der Waals surface area (Å²) < 4.78 is 11.7. The number of ether oxygens (including phenoxy) is 2. The molecule has 8 atom stereocenters. The summed E-state index contributed by atoms with van der Waals surface area (Å²) in [5.74, 6) is 3.95. The van der Waals surface area contributed by atoms with Crippen LogP contribution in [0.5, 0.6) is 5.75 Å². The van der Waals surface area contributed by atoms with E-state index in [-0.39, 0.29) is 55.8 Å². The summed E-state index contributed by atoms with van der Waals surface area (Å²) >= 11 is 0. The van der Waals surface area contributed by atoms with E-state index >= 15 is 0 Å². The number of rotatable bonds is 21. The van der Waals surface area contributed by atoms with Gasteiger partial charge in [-0.05, 0) is 147 Å². The lowest BCUT2D eigenvalue weighted by Gasteiger charge is -2.58. The summed E-state index contributed by atoms with van der Waals surface area (Å²) in [6.07, 6.45) is 19.3. The van der Waals surface area contributed by atoms with Crippen molar-refractivity contribution in [2.75, 3.05) is 19.7 Å². The maximum absolute atomic E-state index is 12.8. The Kier molecular flexibility index (Phi) is 16.5. The van der Waals surface area contributed by atoms with Crippen LogP contribution in [0.4, 0.5) is 4.79 Å². The highest BCUT2D eigenvalue weighted by atomic mass is 16.7. The Bertz CT molecular complexity index is 1790. The van der Waals surface area contributed by atoms with Crippen molar-refractivity contribution in [1.82, 2.24) is 10.4 Å². The zero-order valence-corrected chi connectivity index (χ0v) is 38.6. The molecule has 11 heteroatoms. The van der Waals surface area contributed by atoms with Crippen molar-refractivity contribution >= 4 is 35.4 Å². The molecule has 1 heterocycles. The fraction of sp³-hybridized carbons (Fsp3) is 0.725. The second-order valence-electron chi connectivity index (χ2n) is 20.3. The molecule has 3 amide bonds. The zero-order valence-electron chi connectivity index (χ0n) is 38.6. The second-order valence-corrected chi connectivity index (χ2v) is 20.3. The minimum atomic E-state index is -0.653. The number of carbonyl (C=O) groups is 5. The molecular weight excluding hydrogens is 783 g/mol. The topological polar surface area (TPSA) is 141 Å². The number of allylic oxidation sites excluding steroid dienone is 1. The number of unbranched alkanes of at least 4 members (excludes halogenated alkanes) is 2. The third-order valence-electron chi connectivity index (χ3n) is 15.7. The van der Waals surface area contributed by atoms with E-state index in [1.54, 1.807) is 17.7 Å². The first kappa shape index (κ1) is 47.5. The molecule has 3 unspecified atom stereocenters. The molecule has 4 fully saturated rings. The van der Waals surface area contributed by atoms with Gasteiger partial charge in [-0.25, -0.2) is 9.59 Å². The first-order valence-electron chi connectivity index (χ1n) is 24.1. The van der Waals surface area contributed by atoms with Crippen molar-refractivity contribution in [3.63, 3.8) is 0 Å². The average Bonchev–Trinajstić information content (AvgIpc) is 3.76. The maximum Gasteiger partial charge on any atom is 0.407 e. The summed E-state index contributed by atoms with van der Waals surface area (Å²) in [4.78, 5) is 69.9. The number of carbonyl (C=O) groups excluding carboxylic acids is 5. The van der Waals surface area contributed by atoms with E-state index in [2.05, 4.69) is 51.0 Å². The molecule has 0 aromatic heterocycles. The molecule has 11 nitrogen and oxygen atoms in total. The molecule has 0 radical (unpaired) electrons. The van der Waals surface area contributed by atoms with Crippen LogP contribution in [-0.4, -0.2) is 66.2 Å². The van der Waals surface area contributed by atoms with Crippen molar-refractivity contribution < 1.29 is 38.3 Å². The van der Waals surface area contributed by atoms with Gasteiger partial charge in [0, 0.05) is 37.9 Å². The van der Waals surface area contributed by atoms with Gasteiger partial charge < -0.3 is 19.6 Å². The summed E-state index contributed by atoms with van der Waals surface area (Å²) in [6, 6.07) is 7.34. The number of ketones is 1. The zero-order chi connectivity index (χ0) is 44.4. The Balaban J connectivity index is 0.824. The molecule has 5 aliphatic rings. The smallest absolute Gasteiger partial charge is 0.407 e. The molecule has 6 rings (SSSR count). The van der Waals surface area contributed by atoms with Crippen molar-refractivity contribution in [2.24, 2.45) is 51.3 Å². The molecule has 1 saturated heterocycles. The van der Waals surface area contributed by atoms with Crippen molar-refractivity contribution in [3.05, 3.63) is 41.5 Å². The number of nitrogens with zero attached hydrogens (tertiary/aromatic N) is 2. The molecule has 1 aromatic rings. The van der Waals surface area contributed by atoms with Crippen LogP contribution in [0.25, 0.3) is 0 Å². The molecule has 342 valence electrons. The van der Waals surface area contributed by atoms with Crippen LogP contribution >= 0.6 is 0 Å². The molecule has 3 saturated carbocycles. The fourth-order valence-corrected chi connectivity index (χ4v) is 12.1. The molecule has 0 bridgehead atoms. The lowest BCUT2D eigenvalue weighted by molar-refractivity contribution is -0.197. The molecule has 1 aliphatic heterocycles. The number of imide groups is 1. The summed E-state index contributed by atoms with van der Waals surface area (Å²) in [5.41, 5.74) is 3.90. The van der Waals surface area contributed by atoms with E-state index in [0.717, 1.165) is 85.3 Å².